The number of fused-ring (bicyclic) bond motifs is 1. The van der Waals surface area contributed by atoms with Gasteiger partial charge in [0.25, 0.3) is 0 Å². The highest BCUT2D eigenvalue weighted by Crippen LogP contribution is 2.22. The van der Waals surface area contributed by atoms with E-state index in [1.54, 1.807) is 0 Å². The third-order valence-corrected chi connectivity index (χ3v) is 2.78. The SMILES string of the molecule is CCCCc1nc2c(Cl)cccn2c1N. The molecule has 2 N–H and O–H groups in total. The number of hydrogen-bond acceptors (Lipinski definition) is 2. The van der Waals surface area contributed by atoms with Crippen LogP contribution in [0.1, 0.15) is 25.5 Å². The summed E-state index contributed by atoms with van der Waals surface area (Å²) in [6, 6.07) is 3.70. The van der Waals surface area contributed by atoms with E-state index in [-0.39, 0.29) is 0 Å². The number of nitrogens with two attached hydrogens (primary N) is 1. The second kappa shape index (κ2) is 4.11. The van der Waals surface area contributed by atoms with Gasteiger partial charge in [-0.2, -0.15) is 0 Å². The maximum Gasteiger partial charge on any atom is 0.157 e. The maximum atomic E-state index is 6.04. The minimum absolute atomic E-state index is 0.645. The molecule has 0 aromatic carbocycles. The average Bonchev–Trinajstić information content (AvgIpc) is 2.55. The second-order valence-corrected chi connectivity index (χ2v) is 4.00. The molecule has 80 valence electrons. The molecule has 0 atom stereocenters. The van der Waals surface area contributed by atoms with E-state index in [4.69, 9.17) is 17.3 Å². The van der Waals surface area contributed by atoms with Crippen molar-refractivity contribution in [3.05, 3.63) is 29.0 Å². The van der Waals surface area contributed by atoms with E-state index in [9.17, 15) is 0 Å². The number of anilines is 1. The topological polar surface area (TPSA) is 43.3 Å². The Labute approximate surface area is 93.9 Å². The molecule has 2 aromatic heterocycles. The Kier molecular flexibility index (Phi) is 2.82. The Hall–Kier alpha value is -1.22. The van der Waals surface area contributed by atoms with Crippen LogP contribution < -0.4 is 5.73 Å². The van der Waals surface area contributed by atoms with Crippen LogP contribution in [0, 0.1) is 0 Å². The van der Waals surface area contributed by atoms with Crippen LogP contribution in [-0.2, 0) is 6.42 Å². The average molecular weight is 224 g/mol. The van der Waals surface area contributed by atoms with Gasteiger partial charge in [0.1, 0.15) is 5.82 Å². The monoisotopic (exact) mass is 223 g/mol. The lowest BCUT2D eigenvalue weighted by Crippen LogP contribution is -1.96. The van der Waals surface area contributed by atoms with Crippen molar-refractivity contribution in [1.82, 2.24) is 9.38 Å². The van der Waals surface area contributed by atoms with Crippen LogP contribution in [0.25, 0.3) is 5.65 Å². The lowest BCUT2D eigenvalue weighted by Gasteiger charge is -1.97. The lowest BCUT2D eigenvalue weighted by molar-refractivity contribution is 0.783. The molecule has 0 amide bonds. The summed E-state index contributed by atoms with van der Waals surface area (Å²) < 4.78 is 1.84. The molecular formula is C11H14ClN3. The molecule has 0 aliphatic heterocycles. The fourth-order valence-corrected chi connectivity index (χ4v) is 1.83. The van der Waals surface area contributed by atoms with Crippen molar-refractivity contribution in [1.29, 1.82) is 0 Å². The van der Waals surface area contributed by atoms with Gasteiger partial charge in [0.15, 0.2) is 5.65 Å². The highest BCUT2D eigenvalue weighted by molar-refractivity contribution is 6.33. The van der Waals surface area contributed by atoms with Gasteiger partial charge in [-0.05, 0) is 25.0 Å². The van der Waals surface area contributed by atoms with E-state index < -0.39 is 0 Å². The molecule has 2 heterocycles. The van der Waals surface area contributed by atoms with E-state index in [0.717, 1.165) is 30.6 Å². The third-order valence-electron chi connectivity index (χ3n) is 2.48. The Morgan fingerprint density at radius 2 is 2.33 bits per heavy atom. The van der Waals surface area contributed by atoms with Crippen LogP contribution in [0.2, 0.25) is 5.02 Å². The number of aromatic nitrogens is 2. The van der Waals surface area contributed by atoms with Gasteiger partial charge in [0.05, 0.1) is 10.7 Å². The van der Waals surface area contributed by atoms with Gasteiger partial charge in [-0.15, -0.1) is 0 Å². The first-order valence-corrected chi connectivity index (χ1v) is 5.52. The molecule has 0 radical (unpaired) electrons. The summed E-state index contributed by atoms with van der Waals surface area (Å²) in [5.74, 6) is 0.709. The van der Waals surface area contributed by atoms with E-state index in [1.165, 1.54) is 0 Å². The Balaban J connectivity index is 2.49. The summed E-state index contributed by atoms with van der Waals surface area (Å²) in [4.78, 5) is 4.46. The van der Waals surface area contributed by atoms with Crippen LogP contribution in [0.4, 0.5) is 5.82 Å². The number of nitrogen functional groups attached to an aromatic ring is 1. The molecule has 2 aromatic rings. The molecule has 0 fully saturated rings. The first-order valence-electron chi connectivity index (χ1n) is 5.15. The van der Waals surface area contributed by atoms with Crippen molar-refractivity contribution in [2.75, 3.05) is 5.73 Å². The summed E-state index contributed by atoms with van der Waals surface area (Å²) in [5, 5.41) is 0.645. The van der Waals surface area contributed by atoms with Crippen molar-refractivity contribution in [3.8, 4) is 0 Å². The standard InChI is InChI=1S/C11H14ClN3/c1-2-3-6-9-10(13)15-7-4-5-8(12)11(15)14-9/h4-5,7H,2-3,6,13H2,1H3. The smallest absolute Gasteiger partial charge is 0.157 e. The largest absolute Gasteiger partial charge is 0.383 e. The Morgan fingerprint density at radius 1 is 1.53 bits per heavy atom. The summed E-state index contributed by atoms with van der Waals surface area (Å²) in [6.45, 7) is 2.15. The summed E-state index contributed by atoms with van der Waals surface area (Å²) >= 11 is 6.04. The van der Waals surface area contributed by atoms with E-state index in [2.05, 4.69) is 11.9 Å². The molecule has 0 bridgehead atoms. The predicted octanol–water partition coefficient (Wildman–Crippen LogP) is 2.91. The third kappa shape index (κ3) is 1.79. The van der Waals surface area contributed by atoms with Crippen LogP contribution in [0.3, 0.4) is 0 Å². The summed E-state index contributed by atoms with van der Waals surface area (Å²) in [6.07, 6.45) is 5.05. The Bertz CT molecular complexity index is 476. The molecule has 0 spiro atoms. The highest BCUT2D eigenvalue weighted by Gasteiger charge is 2.10. The van der Waals surface area contributed by atoms with Crippen LogP contribution in [-0.4, -0.2) is 9.38 Å². The Morgan fingerprint density at radius 3 is 3.00 bits per heavy atom. The predicted molar refractivity (Wildman–Crippen MR) is 63.2 cm³/mol. The molecule has 15 heavy (non-hydrogen) atoms. The van der Waals surface area contributed by atoms with Crippen molar-refractivity contribution in [3.63, 3.8) is 0 Å². The van der Waals surface area contributed by atoms with Crippen LogP contribution in [0.15, 0.2) is 18.3 Å². The van der Waals surface area contributed by atoms with Gasteiger partial charge >= 0.3 is 0 Å². The van der Waals surface area contributed by atoms with Gasteiger partial charge in [0.2, 0.25) is 0 Å². The lowest BCUT2D eigenvalue weighted by atomic mass is 10.2. The number of rotatable bonds is 3. The quantitative estimate of drug-likeness (QED) is 0.870. The molecule has 0 aliphatic rings. The molecule has 2 rings (SSSR count). The zero-order chi connectivity index (χ0) is 10.8. The van der Waals surface area contributed by atoms with Gasteiger partial charge in [-0.1, -0.05) is 24.9 Å². The van der Waals surface area contributed by atoms with E-state index in [1.807, 2.05) is 22.7 Å². The molecule has 0 saturated heterocycles. The number of halogens is 1. The number of nitrogens with zero attached hydrogens (tertiary/aromatic N) is 2. The van der Waals surface area contributed by atoms with Crippen molar-refractivity contribution in [2.24, 2.45) is 0 Å². The number of imidazole rings is 1. The molecular weight excluding hydrogens is 210 g/mol. The number of unbranched alkanes of at least 4 members (excludes halogenated alkanes) is 1. The minimum Gasteiger partial charge on any atom is -0.383 e. The summed E-state index contributed by atoms with van der Waals surface area (Å²) in [5.41, 5.74) is 7.69. The first-order chi connectivity index (χ1) is 7.24. The number of hydrogen-bond donors (Lipinski definition) is 1. The van der Waals surface area contributed by atoms with Gasteiger partial charge in [0, 0.05) is 6.20 Å². The fourth-order valence-electron chi connectivity index (χ4n) is 1.63. The highest BCUT2D eigenvalue weighted by atomic mass is 35.5. The second-order valence-electron chi connectivity index (χ2n) is 3.60. The normalized spacial score (nSPS) is 11.1. The molecule has 3 nitrogen and oxygen atoms in total. The van der Waals surface area contributed by atoms with Crippen molar-refractivity contribution >= 4 is 23.1 Å². The number of aryl methyl sites for hydroxylation is 1. The minimum atomic E-state index is 0.645. The fraction of sp³-hybridized carbons (Fsp3) is 0.364. The molecule has 0 unspecified atom stereocenters. The van der Waals surface area contributed by atoms with Crippen molar-refractivity contribution < 1.29 is 0 Å². The molecule has 4 heteroatoms. The van der Waals surface area contributed by atoms with Crippen molar-refractivity contribution in [2.45, 2.75) is 26.2 Å². The molecule has 0 aliphatic carbocycles. The maximum absolute atomic E-state index is 6.04. The summed E-state index contributed by atoms with van der Waals surface area (Å²) in [7, 11) is 0. The zero-order valence-corrected chi connectivity index (χ0v) is 9.46. The van der Waals surface area contributed by atoms with Gasteiger partial charge in [-0.25, -0.2) is 4.98 Å². The van der Waals surface area contributed by atoms with E-state index in [0.29, 0.717) is 10.8 Å². The van der Waals surface area contributed by atoms with Crippen LogP contribution in [0.5, 0.6) is 0 Å². The molecule has 0 saturated carbocycles. The van der Waals surface area contributed by atoms with Gasteiger partial charge in [-0.3, -0.25) is 4.40 Å². The zero-order valence-electron chi connectivity index (χ0n) is 8.70. The van der Waals surface area contributed by atoms with Gasteiger partial charge < -0.3 is 5.73 Å². The first kappa shape index (κ1) is 10.3. The van der Waals surface area contributed by atoms with Crippen LogP contribution >= 0.6 is 11.6 Å². The number of pyridine rings is 1. The van der Waals surface area contributed by atoms with E-state index >= 15 is 0 Å².